The van der Waals surface area contributed by atoms with Gasteiger partial charge in [-0.25, -0.2) is 18.7 Å². The predicted octanol–water partition coefficient (Wildman–Crippen LogP) is 5.49. The second kappa shape index (κ2) is 11.8. The first-order valence-electron chi connectivity index (χ1n) is 13.6. The number of nitrogens with one attached hydrogen (secondary N) is 4. The lowest BCUT2D eigenvalue weighted by molar-refractivity contribution is -0.352. The number of amides is 1. The van der Waals surface area contributed by atoms with E-state index in [4.69, 9.17) is 4.74 Å². The van der Waals surface area contributed by atoms with Crippen LogP contribution >= 0.6 is 0 Å². The zero-order chi connectivity index (χ0) is 30.0. The third-order valence-corrected chi connectivity index (χ3v) is 7.53. The van der Waals surface area contributed by atoms with Gasteiger partial charge in [-0.15, -0.1) is 0 Å². The van der Waals surface area contributed by atoms with E-state index in [1.54, 1.807) is 12.3 Å². The maximum atomic E-state index is 14.9. The normalized spacial score (nSPS) is 18.2. The number of aromatic nitrogens is 2. The van der Waals surface area contributed by atoms with Crippen LogP contribution in [0.15, 0.2) is 54.9 Å². The summed E-state index contributed by atoms with van der Waals surface area (Å²) in [4.78, 5) is 21.8. The Morgan fingerprint density at radius 1 is 1.07 bits per heavy atom. The third-order valence-electron chi connectivity index (χ3n) is 7.53. The summed E-state index contributed by atoms with van der Waals surface area (Å²) in [7, 11) is 0. The molecule has 0 bridgehead atoms. The molecule has 1 aromatic carbocycles. The van der Waals surface area contributed by atoms with E-state index in [-0.39, 0.29) is 24.0 Å². The lowest BCUT2D eigenvalue weighted by atomic mass is 9.86. The first-order valence-corrected chi connectivity index (χ1v) is 13.6. The minimum absolute atomic E-state index is 0.106. The number of hydrogen-bond acceptors (Lipinski definition) is 7. The van der Waals surface area contributed by atoms with Crippen LogP contribution in [0, 0.1) is 0 Å². The quantitative estimate of drug-likeness (QED) is 0.232. The molecule has 0 aliphatic carbocycles. The lowest BCUT2D eigenvalue weighted by Gasteiger charge is -2.40. The fraction of sp³-hybridized carbons (Fsp3) is 0.414. The molecule has 2 atom stereocenters. The summed E-state index contributed by atoms with van der Waals surface area (Å²) in [6, 6.07) is 8.75. The van der Waals surface area contributed by atoms with E-state index >= 15 is 0 Å². The second-order valence-electron chi connectivity index (χ2n) is 10.4. The molecule has 3 aromatic rings. The van der Waals surface area contributed by atoms with Gasteiger partial charge in [-0.1, -0.05) is 12.1 Å². The number of fused-ring (bicyclic) bond motifs is 1. The molecule has 224 valence electrons. The van der Waals surface area contributed by atoms with Gasteiger partial charge in [0.1, 0.15) is 11.6 Å². The number of carbonyl (C=O) groups excluding carboxylic acids is 1. The number of alkyl halides is 5. The molecule has 0 radical (unpaired) electrons. The summed E-state index contributed by atoms with van der Waals surface area (Å²) in [5.74, 6) is -3.96. The smallest absolute Gasteiger partial charge is 0.370 e. The number of benzene rings is 1. The van der Waals surface area contributed by atoms with Crippen molar-refractivity contribution in [2.45, 2.75) is 56.5 Å². The van der Waals surface area contributed by atoms with Crippen LogP contribution in [0.5, 0.6) is 0 Å². The van der Waals surface area contributed by atoms with Gasteiger partial charge in [0.2, 0.25) is 0 Å². The molecule has 42 heavy (non-hydrogen) atoms. The molecule has 13 heteroatoms. The van der Waals surface area contributed by atoms with E-state index in [1.165, 1.54) is 24.4 Å². The van der Waals surface area contributed by atoms with Gasteiger partial charge in [0.05, 0.1) is 12.2 Å². The monoisotopic (exact) mass is 590 g/mol. The minimum Gasteiger partial charge on any atom is -0.370 e. The maximum absolute atomic E-state index is 14.9. The van der Waals surface area contributed by atoms with Crippen molar-refractivity contribution in [1.29, 1.82) is 0 Å². The maximum Gasteiger partial charge on any atom is 0.427 e. The molecular weight excluding hydrogens is 559 g/mol. The fourth-order valence-corrected chi connectivity index (χ4v) is 5.44. The zero-order valence-corrected chi connectivity index (χ0v) is 22.8. The van der Waals surface area contributed by atoms with E-state index in [0.717, 1.165) is 42.0 Å². The van der Waals surface area contributed by atoms with Crippen LogP contribution in [0.3, 0.4) is 0 Å². The highest BCUT2D eigenvalue weighted by molar-refractivity contribution is 6.07. The van der Waals surface area contributed by atoms with Crippen molar-refractivity contribution in [2.24, 2.45) is 0 Å². The molecule has 2 aliphatic rings. The predicted molar refractivity (Wildman–Crippen MR) is 148 cm³/mol. The van der Waals surface area contributed by atoms with E-state index < -0.39 is 41.8 Å². The second-order valence-corrected chi connectivity index (χ2v) is 10.4. The van der Waals surface area contributed by atoms with Gasteiger partial charge in [0, 0.05) is 55.3 Å². The lowest BCUT2D eigenvalue weighted by Crippen LogP contribution is -2.57. The first kappa shape index (κ1) is 29.6. The van der Waals surface area contributed by atoms with Gasteiger partial charge in [-0.3, -0.25) is 4.79 Å². The molecule has 1 saturated heterocycles. The highest BCUT2D eigenvalue weighted by Gasteiger charge is 2.70. The van der Waals surface area contributed by atoms with Gasteiger partial charge < -0.3 is 26.0 Å². The Labute approximate surface area is 239 Å². The number of ether oxygens (including phenoxy) is 1. The van der Waals surface area contributed by atoms with Crippen LogP contribution in [0.1, 0.15) is 46.8 Å². The average Bonchev–Trinajstić information content (AvgIpc) is 3.64. The molecular formula is C29H31F5N6O2. The Morgan fingerprint density at radius 3 is 2.64 bits per heavy atom. The number of halogens is 5. The van der Waals surface area contributed by atoms with Crippen LogP contribution in [0.2, 0.25) is 0 Å². The number of rotatable bonds is 10. The number of nitrogens with zero attached hydrogens (tertiary/aromatic N) is 2. The topological polar surface area (TPSA) is 100 Å². The molecule has 5 rings (SSSR count). The zero-order valence-electron chi connectivity index (χ0n) is 22.8. The molecule has 1 amide bonds. The first-order chi connectivity index (χ1) is 20.0. The summed E-state index contributed by atoms with van der Waals surface area (Å²) >= 11 is 0. The molecule has 1 unspecified atom stereocenters. The van der Waals surface area contributed by atoms with Gasteiger partial charge in [-0.05, 0) is 61.7 Å². The summed E-state index contributed by atoms with van der Waals surface area (Å²) in [6.45, 7) is 1.34. The SMILES string of the molecule is CC(F)(F)C(OC[C@@H]1CCCN1)(c1cccc(NC(=O)c2cccnc2NCc2ccnc3c2CCN3)c1)C(F)(F)F. The Hall–Kier alpha value is -3.84. The number of carbonyl (C=O) groups is 1. The van der Waals surface area contributed by atoms with Crippen LogP contribution in [-0.4, -0.2) is 53.7 Å². The van der Waals surface area contributed by atoms with Gasteiger partial charge in [-0.2, -0.15) is 13.2 Å². The Bertz CT molecular complexity index is 1410. The number of anilines is 3. The molecule has 2 aromatic heterocycles. The largest absolute Gasteiger partial charge is 0.427 e. The Kier molecular flexibility index (Phi) is 8.33. The van der Waals surface area contributed by atoms with Crippen LogP contribution in [-0.2, 0) is 23.3 Å². The highest BCUT2D eigenvalue weighted by atomic mass is 19.4. The van der Waals surface area contributed by atoms with Gasteiger partial charge >= 0.3 is 6.18 Å². The van der Waals surface area contributed by atoms with Crippen molar-refractivity contribution in [3.63, 3.8) is 0 Å². The van der Waals surface area contributed by atoms with Crippen molar-refractivity contribution >= 4 is 23.2 Å². The fourth-order valence-electron chi connectivity index (χ4n) is 5.44. The average molecular weight is 591 g/mol. The Balaban J connectivity index is 1.38. The van der Waals surface area contributed by atoms with E-state index in [1.807, 2.05) is 6.07 Å². The van der Waals surface area contributed by atoms with Crippen molar-refractivity contribution < 1.29 is 31.5 Å². The number of hydrogen-bond donors (Lipinski definition) is 4. The van der Waals surface area contributed by atoms with E-state index in [2.05, 4.69) is 31.2 Å². The van der Waals surface area contributed by atoms with Crippen LogP contribution in [0.4, 0.5) is 39.3 Å². The molecule has 2 aliphatic heterocycles. The van der Waals surface area contributed by atoms with Crippen LogP contribution < -0.4 is 21.3 Å². The molecule has 0 spiro atoms. The van der Waals surface area contributed by atoms with E-state index in [9.17, 15) is 26.7 Å². The van der Waals surface area contributed by atoms with Crippen LogP contribution in [0.25, 0.3) is 0 Å². The van der Waals surface area contributed by atoms with Crippen molar-refractivity contribution in [3.05, 3.63) is 77.1 Å². The molecule has 4 N–H and O–H groups in total. The summed E-state index contributed by atoms with van der Waals surface area (Å²) in [5, 5.41) is 11.8. The van der Waals surface area contributed by atoms with Crippen molar-refractivity contribution in [1.82, 2.24) is 15.3 Å². The number of pyridine rings is 2. The minimum atomic E-state index is -5.46. The van der Waals surface area contributed by atoms with Gasteiger partial charge in [0.15, 0.2) is 0 Å². The van der Waals surface area contributed by atoms with Crippen molar-refractivity contribution in [2.75, 3.05) is 35.6 Å². The molecule has 0 saturated carbocycles. The molecule has 4 heterocycles. The van der Waals surface area contributed by atoms with Crippen molar-refractivity contribution in [3.8, 4) is 0 Å². The van der Waals surface area contributed by atoms with E-state index in [0.29, 0.717) is 25.9 Å². The van der Waals surface area contributed by atoms with Gasteiger partial charge in [0.25, 0.3) is 17.4 Å². The summed E-state index contributed by atoms with van der Waals surface area (Å²) in [5.41, 5.74) is -2.68. The Morgan fingerprint density at radius 2 is 1.90 bits per heavy atom. The molecule has 8 nitrogen and oxygen atoms in total. The highest BCUT2D eigenvalue weighted by Crippen LogP contribution is 2.52. The third kappa shape index (κ3) is 5.88. The standard InChI is InChI=1S/C29H31F5N6O2/c1-27(30,31)28(29(32,33)34,42-17-21-7-3-11-35-21)19-5-2-6-20(15-19)40-26(41)23-8-4-12-36-25(23)39-16-18-9-13-37-24-22(18)10-14-38-24/h2,4-6,8-9,12-13,15,21,35H,3,7,10-11,14,16-17H2,1H3,(H,36,39)(H,37,38)(H,40,41)/t21-,28?/m0/s1. The summed E-state index contributed by atoms with van der Waals surface area (Å²) < 4.78 is 78.5. The summed E-state index contributed by atoms with van der Waals surface area (Å²) in [6.07, 6.45) is -0.248. The molecule has 1 fully saturated rings.